The smallest absolute Gasteiger partial charge is 0.407 e. The van der Waals surface area contributed by atoms with Gasteiger partial charge >= 0.3 is 6.09 Å². The van der Waals surface area contributed by atoms with Crippen LogP contribution in [0.2, 0.25) is 0 Å². The third-order valence-electron chi connectivity index (χ3n) is 6.33. The first-order chi connectivity index (χ1) is 15.6. The molecule has 3 atom stereocenters. The third-order valence-corrected chi connectivity index (χ3v) is 6.33. The van der Waals surface area contributed by atoms with Gasteiger partial charge < -0.3 is 19.9 Å². The first-order valence-corrected chi connectivity index (χ1v) is 11.2. The second-order valence-electron chi connectivity index (χ2n) is 8.71. The van der Waals surface area contributed by atoms with Crippen molar-refractivity contribution in [1.29, 1.82) is 0 Å². The van der Waals surface area contributed by atoms with Gasteiger partial charge in [0.2, 0.25) is 0 Å². The van der Waals surface area contributed by atoms with Crippen LogP contribution in [0.5, 0.6) is 5.75 Å². The van der Waals surface area contributed by atoms with Gasteiger partial charge in [-0.3, -0.25) is 0 Å². The van der Waals surface area contributed by atoms with Gasteiger partial charge in [0.05, 0.1) is 30.0 Å². The summed E-state index contributed by atoms with van der Waals surface area (Å²) in [5.41, 5.74) is 3.57. The zero-order valence-electron chi connectivity index (χ0n) is 18.1. The van der Waals surface area contributed by atoms with Gasteiger partial charge in [-0.1, -0.05) is 24.3 Å². The van der Waals surface area contributed by atoms with Crippen molar-refractivity contribution in [3.8, 4) is 17.1 Å². The van der Waals surface area contributed by atoms with Crippen LogP contribution in [0.3, 0.4) is 0 Å². The highest BCUT2D eigenvalue weighted by Gasteiger charge is 2.31. The van der Waals surface area contributed by atoms with E-state index in [-0.39, 0.29) is 29.9 Å². The number of amides is 1. The van der Waals surface area contributed by atoms with E-state index >= 15 is 0 Å². The number of aromatic hydroxyl groups is 1. The van der Waals surface area contributed by atoms with Gasteiger partial charge in [0, 0.05) is 23.8 Å². The summed E-state index contributed by atoms with van der Waals surface area (Å²) in [4.78, 5) is 21.9. The maximum atomic E-state index is 12.3. The van der Waals surface area contributed by atoms with E-state index in [2.05, 4.69) is 23.5 Å². The summed E-state index contributed by atoms with van der Waals surface area (Å²) in [5, 5.41) is 14.4. The first-order valence-electron chi connectivity index (χ1n) is 11.2. The molecule has 1 saturated carbocycles. The molecule has 166 valence electrons. The van der Waals surface area contributed by atoms with E-state index in [1.54, 1.807) is 12.1 Å². The quantitative estimate of drug-likeness (QED) is 0.631. The number of fused-ring (bicyclic) bond motifs is 1. The Bertz CT molecular complexity index is 1140. The molecule has 0 bridgehead atoms. The van der Waals surface area contributed by atoms with Crippen LogP contribution in [0.4, 0.5) is 4.79 Å². The number of carbonyl (C=O) groups is 1. The Morgan fingerprint density at radius 2 is 2.03 bits per heavy atom. The van der Waals surface area contributed by atoms with Crippen LogP contribution < -0.4 is 5.32 Å². The number of benzene rings is 2. The predicted octanol–water partition coefficient (Wildman–Crippen LogP) is 4.46. The van der Waals surface area contributed by atoms with E-state index in [1.165, 1.54) is 0 Å². The largest absolute Gasteiger partial charge is 0.507 e. The van der Waals surface area contributed by atoms with Crippen LogP contribution in [0, 0.1) is 6.92 Å². The van der Waals surface area contributed by atoms with Gasteiger partial charge in [-0.2, -0.15) is 0 Å². The van der Waals surface area contributed by atoms with E-state index in [0.29, 0.717) is 24.6 Å². The number of rotatable bonds is 4. The zero-order valence-corrected chi connectivity index (χ0v) is 18.1. The number of phenolic OH excluding ortho intramolecular Hbond substituents is 1. The number of carbonyl (C=O) groups excluding carboxylic acids is 1. The minimum atomic E-state index is -0.371. The Hall–Kier alpha value is -3.19. The number of hydrogen-bond donors (Lipinski definition) is 2. The van der Waals surface area contributed by atoms with Gasteiger partial charge in [0.15, 0.2) is 5.82 Å². The Labute approximate surface area is 186 Å². The molecule has 3 aromatic rings. The van der Waals surface area contributed by atoms with Gasteiger partial charge in [0.1, 0.15) is 11.9 Å². The maximum Gasteiger partial charge on any atom is 0.407 e. The van der Waals surface area contributed by atoms with Gasteiger partial charge in [-0.25, -0.2) is 14.8 Å². The van der Waals surface area contributed by atoms with E-state index in [1.807, 2.05) is 19.1 Å². The SMILES string of the molecule is Cc1ccc2c(C3CC[C@@H](NC(=O)O[C@H]4CCOC4)C3)nc(-c3ccccc3O)nc2c1. The minimum absolute atomic E-state index is 0.0406. The van der Waals surface area contributed by atoms with Crippen molar-refractivity contribution in [3.05, 3.63) is 53.7 Å². The third kappa shape index (κ3) is 4.25. The molecular formula is C25H27N3O4. The van der Waals surface area contributed by atoms with Crippen molar-refractivity contribution >= 4 is 17.0 Å². The van der Waals surface area contributed by atoms with E-state index in [4.69, 9.17) is 19.4 Å². The summed E-state index contributed by atoms with van der Waals surface area (Å²) in [7, 11) is 0. The number of nitrogens with zero attached hydrogens (tertiary/aromatic N) is 2. The highest BCUT2D eigenvalue weighted by atomic mass is 16.6. The van der Waals surface area contributed by atoms with Crippen molar-refractivity contribution < 1.29 is 19.4 Å². The van der Waals surface area contributed by atoms with Crippen LogP contribution in [-0.4, -0.2) is 46.5 Å². The maximum absolute atomic E-state index is 12.3. The lowest BCUT2D eigenvalue weighted by Gasteiger charge is -2.17. The highest BCUT2D eigenvalue weighted by Crippen LogP contribution is 2.38. The van der Waals surface area contributed by atoms with Crippen molar-refractivity contribution in [3.63, 3.8) is 0 Å². The molecule has 1 aromatic heterocycles. The first kappa shape index (κ1) is 20.7. The number of para-hydroxylation sites is 1. The normalized spacial score (nSPS) is 22.8. The molecule has 7 heteroatoms. The number of ether oxygens (including phenoxy) is 2. The van der Waals surface area contributed by atoms with Crippen molar-refractivity contribution in [2.45, 2.75) is 50.7 Å². The number of aryl methyl sites for hydroxylation is 1. The fraction of sp³-hybridized carbons (Fsp3) is 0.400. The van der Waals surface area contributed by atoms with Crippen LogP contribution in [-0.2, 0) is 9.47 Å². The minimum Gasteiger partial charge on any atom is -0.507 e. The molecule has 0 spiro atoms. The Kier molecular flexibility index (Phi) is 5.66. The zero-order chi connectivity index (χ0) is 22.1. The van der Waals surface area contributed by atoms with Crippen molar-refractivity contribution in [2.24, 2.45) is 0 Å². The molecule has 7 nitrogen and oxygen atoms in total. The fourth-order valence-corrected chi connectivity index (χ4v) is 4.68. The van der Waals surface area contributed by atoms with Gasteiger partial charge in [-0.05, 0) is 49.9 Å². The summed E-state index contributed by atoms with van der Waals surface area (Å²) in [6, 6.07) is 13.4. The Morgan fingerprint density at radius 3 is 2.84 bits per heavy atom. The molecule has 32 heavy (non-hydrogen) atoms. The van der Waals surface area contributed by atoms with Crippen LogP contribution in [0.25, 0.3) is 22.3 Å². The molecule has 1 saturated heterocycles. The Balaban J connectivity index is 1.40. The number of hydrogen-bond acceptors (Lipinski definition) is 6. The molecule has 1 aliphatic carbocycles. The molecule has 1 amide bonds. The molecule has 5 rings (SSSR count). The summed E-state index contributed by atoms with van der Waals surface area (Å²) in [6.45, 7) is 3.16. The van der Waals surface area contributed by atoms with Crippen molar-refractivity contribution in [1.82, 2.24) is 15.3 Å². The average Bonchev–Trinajstić information content (AvgIpc) is 3.45. The van der Waals surface area contributed by atoms with Gasteiger partial charge in [0.25, 0.3) is 0 Å². The van der Waals surface area contributed by atoms with E-state index < -0.39 is 0 Å². The number of aromatic nitrogens is 2. The summed E-state index contributed by atoms with van der Waals surface area (Å²) in [5.74, 6) is 0.872. The topological polar surface area (TPSA) is 93.6 Å². The highest BCUT2D eigenvalue weighted by molar-refractivity contribution is 5.84. The lowest BCUT2D eigenvalue weighted by Crippen LogP contribution is -2.36. The molecule has 0 radical (unpaired) electrons. The standard InChI is InChI=1S/C25H27N3O4/c1-15-6-9-19-21(12-15)27-24(20-4-2-3-5-22(20)29)28-23(19)16-7-8-17(13-16)26-25(30)32-18-10-11-31-14-18/h2-6,9,12,16-18,29H,7-8,10-11,13-14H2,1H3,(H,26,30)/t16?,17-,18+/m1/s1. The summed E-state index contributed by atoms with van der Waals surface area (Å²) < 4.78 is 10.7. The predicted molar refractivity (Wildman–Crippen MR) is 121 cm³/mol. The Morgan fingerprint density at radius 1 is 1.16 bits per heavy atom. The second-order valence-corrected chi connectivity index (χ2v) is 8.71. The van der Waals surface area contributed by atoms with Crippen molar-refractivity contribution in [2.75, 3.05) is 13.2 Å². The molecule has 2 aromatic carbocycles. The monoisotopic (exact) mass is 433 g/mol. The molecule has 2 heterocycles. The number of nitrogens with one attached hydrogen (secondary N) is 1. The fourth-order valence-electron chi connectivity index (χ4n) is 4.68. The van der Waals surface area contributed by atoms with E-state index in [9.17, 15) is 9.90 Å². The molecular weight excluding hydrogens is 406 g/mol. The molecule has 2 fully saturated rings. The number of phenols is 1. The number of alkyl carbamates (subject to hydrolysis) is 1. The van der Waals surface area contributed by atoms with Crippen LogP contribution in [0.1, 0.15) is 42.9 Å². The second kappa shape index (κ2) is 8.74. The molecule has 1 unspecified atom stereocenters. The summed E-state index contributed by atoms with van der Waals surface area (Å²) >= 11 is 0. The van der Waals surface area contributed by atoms with Crippen LogP contribution >= 0.6 is 0 Å². The van der Waals surface area contributed by atoms with E-state index in [0.717, 1.165) is 47.8 Å². The van der Waals surface area contributed by atoms with Gasteiger partial charge in [-0.15, -0.1) is 0 Å². The molecule has 2 N–H and O–H groups in total. The van der Waals surface area contributed by atoms with Crippen LogP contribution in [0.15, 0.2) is 42.5 Å². The molecule has 2 aliphatic rings. The lowest BCUT2D eigenvalue weighted by molar-refractivity contribution is 0.0809. The lowest BCUT2D eigenvalue weighted by atomic mass is 9.98. The summed E-state index contributed by atoms with van der Waals surface area (Å²) in [6.07, 6.45) is 2.80. The molecule has 1 aliphatic heterocycles. The average molecular weight is 434 g/mol.